The van der Waals surface area contributed by atoms with E-state index in [1.165, 1.54) is 12.1 Å². The molecule has 3 aromatic rings. The molecule has 22 heavy (non-hydrogen) atoms. The number of fused-ring (bicyclic) bond motifs is 1. The second-order valence-corrected chi connectivity index (χ2v) is 4.81. The maximum Gasteiger partial charge on any atom is 0.359 e. The van der Waals surface area contributed by atoms with Gasteiger partial charge in [-0.25, -0.2) is 4.79 Å². The van der Waals surface area contributed by atoms with Gasteiger partial charge in [0, 0.05) is 17.0 Å². The van der Waals surface area contributed by atoms with Crippen LogP contribution in [0.25, 0.3) is 11.0 Å². The predicted octanol–water partition coefficient (Wildman–Crippen LogP) is 2.79. The summed E-state index contributed by atoms with van der Waals surface area (Å²) in [6.45, 7) is -0.00162. The van der Waals surface area contributed by atoms with Crippen LogP contribution in [0.4, 0.5) is 5.69 Å². The van der Waals surface area contributed by atoms with Crippen molar-refractivity contribution >= 4 is 22.4 Å². The molecule has 2 N–H and O–H groups in total. The number of rotatable bonds is 4. The van der Waals surface area contributed by atoms with Gasteiger partial charge in [-0.2, -0.15) is 0 Å². The summed E-state index contributed by atoms with van der Waals surface area (Å²) in [6, 6.07) is 14.9. The lowest BCUT2D eigenvalue weighted by molar-refractivity contribution is 0.101. The number of hydrogen-bond acceptors (Lipinski definition) is 5. The number of phenolic OH excluding ortho intramolecular Hbond substituents is 1. The fourth-order valence-corrected chi connectivity index (χ4v) is 2.12. The molecule has 0 unspecified atom stereocenters. The molecular weight excluding hydrogens is 282 g/mol. The molecule has 0 bridgehead atoms. The van der Waals surface area contributed by atoms with Gasteiger partial charge in [0.2, 0.25) is 0 Å². The van der Waals surface area contributed by atoms with Crippen LogP contribution in [0.2, 0.25) is 0 Å². The third kappa shape index (κ3) is 2.83. The van der Waals surface area contributed by atoms with Gasteiger partial charge in [-0.05, 0) is 18.2 Å². The molecule has 1 aromatic heterocycles. The van der Waals surface area contributed by atoms with Crippen molar-refractivity contribution in [1.29, 1.82) is 0 Å². The molecule has 0 radical (unpaired) electrons. The summed E-state index contributed by atoms with van der Waals surface area (Å²) in [6.07, 6.45) is 0. The van der Waals surface area contributed by atoms with Crippen molar-refractivity contribution in [3.8, 4) is 5.75 Å². The highest BCUT2D eigenvalue weighted by molar-refractivity contribution is 5.99. The Balaban J connectivity index is 1.82. The molecule has 2 aromatic carbocycles. The Labute approximate surface area is 125 Å². The Morgan fingerprint density at radius 2 is 1.86 bits per heavy atom. The van der Waals surface area contributed by atoms with Gasteiger partial charge in [-0.3, -0.25) is 4.79 Å². The van der Waals surface area contributed by atoms with E-state index in [-0.39, 0.29) is 23.8 Å². The van der Waals surface area contributed by atoms with E-state index in [9.17, 15) is 14.7 Å². The van der Waals surface area contributed by atoms with Gasteiger partial charge in [0.25, 0.3) is 0 Å². The molecule has 1 heterocycles. The average molecular weight is 295 g/mol. The number of carbonyl (C=O) groups is 1. The number of ketones is 1. The van der Waals surface area contributed by atoms with Crippen molar-refractivity contribution < 1.29 is 14.3 Å². The van der Waals surface area contributed by atoms with E-state index in [1.807, 2.05) is 6.07 Å². The van der Waals surface area contributed by atoms with E-state index in [1.54, 1.807) is 36.4 Å². The monoisotopic (exact) mass is 295 g/mol. The van der Waals surface area contributed by atoms with E-state index in [2.05, 4.69) is 5.32 Å². The predicted molar refractivity (Wildman–Crippen MR) is 83.4 cm³/mol. The first-order valence-corrected chi connectivity index (χ1v) is 6.72. The Hall–Kier alpha value is -3.08. The van der Waals surface area contributed by atoms with Crippen LogP contribution in [-0.4, -0.2) is 17.4 Å². The van der Waals surface area contributed by atoms with Gasteiger partial charge in [-0.15, -0.1) is 0 Å². The molecule has 3 rings (SSSR count). The molecule has 0 amide bonds. The van der Waals surface area contributed by atoms with E-state index in [4.69, 9.17) is 4.42 Å². The summed E-state index contributed by atoms with van der Waals surface area (Å²) < 4.78 is 5.12. The summed E-state index contributed by atoms with van der Waals surface area (Å²) in [5.74, 6) is -0.0959. The highest BCUT2D eigenvalue weighted by Crippen LogP contribution is 2.20. The summed E-state index contributed by atoms with van der Waals surface area (Å²) in [4.78, 5) is 23.9. The Bertz CT molecular complexity index is 884. The molecule has 110 valence electrons. The van der Waals surface area contributed by atoms with Crippen LogP contribution in [0.15, 0.2) is 63.8 Å². The quantitative estimate of drug-likeness (QED) is 0.571. The molecular formula is C17H13NO4. The zero-order valence-electron chi connectivity index (χ0n) is 11.6. The van der Waals surface area contributed by atoms with Crippen LogP contribution in [0.3, 0.4) is 0 Å². The minimum atomic E-state index is -0.584. The fraction of sp³-hybridized carbons (Fsp3) is 0.0588. The van der Waals surface area contributed by atoms with Gasteiger partial charge in [0.05, 0.1) is 6.54 Å². The number of aromatic hydroxyl groups is 1. The zero-order valence-corrected chi connectivity index (χ0v) is 11.6. The number of phenols is 1. The lowest BCUT2D eigenvalue weighted by Crippen LogP contribution is -2.18. The van der Waals surface area contributed by atoms with Crippen molar-refractivity contribution in [3.63, 3.8) is 0 Å². The molecule has 5 heteroatoms. The number of hydrogen-bond donors (Lipinski definition) is 2. The van der Waals surface area contributed by atoms with Gasteiger partial charge in [-0.1, -0.05) is 30.3 Å². The topological polar surface area (TPSA) is 79.5 Å². The number of nitrogens with one attached hydrogen (secondary N) is 1. The second-order valence-electron chi connectivity index (χ2n) is 4.81. The van der Waals surface area contributed by atoms with Crippen LogP contribution in [0.1, 0.15) is 10.4 Å². The van der Waals surface area contributed by atoms with Crippen LogP contribution >= 0.6 is 0 Å². The molecule has 0 aliphatic heterocycles. The molecule has 0 fully saturated rings. The maximum atomic E-state index is 12.0. The van der Waals surface area contributed by atoms with Gasteiger partial charge >= 0.3 is 5.63 Å². The minimum Gasteiger partial charge on any atom is -0.508 e. The van der Waals surface area contributed by atoms with E-state index < -0.39 is 5.63 Å². The summed E-state index contributed by atoms with van der Waals surface area (Å²) in [5, 5.41) is 12.8. The van der Waals surface area contributed by atoms with Gasteiger partial charge in [0.15, 0.2) is 5.78 Å². The molecule has 0 atom stereocenters. The van der Waals surface area contributed by atoms with Crippen LogP contribution < -0.4 is 10.9 Å². The van der Waals surface area contributed by atoms with Gasteiger partial charge in [0.1, 0.15) is 17.0 Å². The lowest BCUT2D eigenvalue weighted by atomic mass is 10.1. The standard InChI is InChI=1S/C17H13NO4/c19-13-7-6-12-8-14(17(21)22-16(12)9-13)18-10-15(20)11-4-2-1-3-5-11/h1-9,18-19H,10H2. The summed E-state index contributed by atoms with van der Waals surface area (Å²) in [7, 11) is 0. The molecule has 0 saturated heterocycles. The maximum absolute atomic E-state index is 12.0. The zero-order chi connectivity index (χ0) is 15.5. The Morgan fingerprint density at radius 1 is 1.09 bits per heavy atom. The first-order chi connectivity index (χ1) is 10.6. The van der Waals surface area contributed by atoms with Crippen molar-refractivity contribution in [2.45, 2.75) is 0 Å². The largest absolute Gasteiger partial charge is 0.508 e. The minimum absolute atomic E-state index is 0.00162. The van der Waals surface area contributed by atoms with Crippen LogP contribution in [0.5, 0.6) is 5.75 Å². The van der Waals surface area contributed by atoms with E-state index >= 15 is 0 Å². The number of benzene rings is 2. The summed E-state index contributed by atoms with van der Waals surface area (Å²) >= 11 is 0. The highest BCUT2D eigenvalue weighted by Gasteiger charge is 2.09. The van der Waals surface area contributed by atoms with Crippen molar-refractivity contribution in [2.75, 3.05) is 11.9 Å². The highest BCUT2D eigenvalue weighted by atomic mass is 16.4. The number of Topliss-reactive ketones (excluding diaryl/α,β-unsaturated/α-hetero) is 1. The van der Waals surface area contributed by atoms with Crippen LogP contribution in [-0.2, 0) is 0 Å². The van der Waals surface area contributed by atoms with E-state index in [0.717, 1.165) is 0 Å². The van der Waals surface area contributed by atoms with Gasteiger partial charge < -0.3 is 14.8 Å². The van der Waals surface area contributed by atoms with Crippen molar-refractivity contribution in [3.05, 3.63) is 70.6 Å². The normalized spacial score (nSPS) is 10.5. The fourth-order valence-electron chi connectivity index (χ4n) is 2.12. The lowest BCUT2D eigenvalue weighted by Gasteiger charge is -2.06. The Morgan fingerprint density at radius 3 is 2.64 bits per heavy atom. The first-order valence-electron chi connectivity index (χ1n) is 6.72. The molecule has 5 nitrogen and oxygen atoms in total. The first kappa shape index (κ1) is 13.9. The smallest absolute Gasteiger partial charge is 0.359 e. The SMILES string of the molecule is O=C(CNc1cc2ccc(O)cc2oc1=O)c1ccccc1. The second kappa shape index (κ2) is 5.73. The summed E-state index contributed by atoms with van der Waals surface area (Å²) in [5.41, 5.74) is 0.497. The molecule has 0 aliphatic rings. The third-order valence-electron chi connectivity index (χ3n) is 3.25. The average Bonchev–Trinajstić information content (AvgIpc) is 2.53. The van der Waals surface area contributed by atoms with Crippen molar-refractivity contribution in [1.82, 2.24) is 0 Å². The van der Waals surface area contributed by atoms with Crippen molar-refractivity contribution in [2.24, 2.45) is 0 Å². The van der Waals surface area contributed by atoms with E-state index in [0.29, 0.717) is 16.5 Å². The molecule has 0 saturated carbocycles. The molecule has 0 spiro atoms. The van der Waals surface area contributed by atoms with Crippen LogP contribution in [0, 0.1) is 0 Å². The number of anilines is 1. The molecule has 0 aliphatic carbocycles. The third-order valence-corrected chi connectivity index (χ3v) is 3.25. The Kier molecular flexibility index (Phi) is 3.62. The number of carbonyl (C=O) groups excluding carboxylic acids is 1.